The van der Waals surface area contributed by atoms with Crippen molar-refractivity contribution in [2.45, 2.75) is 7.43 Å². The van der Waals surface area contributed by atoms with E-state index in [1.54, 1.807) is 0 Å². The van der Waals surface area contributed by atoms with Gasteiger partial charge in [0.05, 0.1) is 0 Å². The third-order valence-corrected chi connectivity index (χ3v) is 0.714. The highest BCUT2D eigenvalue weighted by atomic mass is 31.2. The molecule has 0 aliphatic rings. The van der Waals surface area contributed by atoms with Crippen molar-refractivity contribution in [3.63, 3.8) is 0 Å². The lowest BCUT2D eigenvalue weighted by atomic mass is 11.8. The summed E-state index contributed by atoms with van der Waals surface area (Å²) in [5, 5.41) is 0. The molecule has 0 aliphatic carbocycles. The van der Waals surface area contributed by atoms with Crippen LogP contribution in [0.1, 0.15) is 7.43 Å². The van der Waals surface area contributed by atoms with E-state index < -0.39 is 7.82 Å². The third kappa shape index (κ3) is 10.7. The van der Waals surface area contributed by atoms with Crippen molar-refractivity contribution in [1.29, 1.82) is 0 Å². The molecule has 0 bridgehead atoms. The monoisotopic (exact) mass is 128 g/mol. The van der Waals surface area contributed by atoms with Crippen molar-refractivity contribution in [2.24, 2.45) is 0 Å². The molecule has 0 aromatic heterocycles. The second-order valence-corrected chi connectivity index (χ2v) is 2.02. The molecule has 0 fully saturated rings. The molecule has 0 saturated carbocycles. The number of hydrogen-bond acceptors (Lipinski definition) is 2. The van der Waals surface area contributed by atoms with Crippen molar-refractivity contribution in [2.75, 3.05) is 7.11 Å². The van der Waals surface area contributed by atoms with Crippen molar-refractivity contribution >= 4 is 7.82 Å². The Kier molecular flexibility index (Phi) is 4.58. The Morgan fingerprint density at radius 3 is 1.71 bits per heavy atom. The molecule has 0 rings (SSSR count). The first-order valence-corrected chi connectivity index (χ1v) is 2.70. The molecular weight excluding hydrogens is 119 g/mol. The van der Waals surface area contributed by atoms with E-state index in [-0.39, 0.29) is 7.43 Å². The van der Waals surface area contributed by atoms with E-state index >= 15 is 0 Å². The fraction of sp³-hybridized carbons (Fsp3) is 1.00. The van der Waals surface area contributed by atoms with Crippen molar-refractivity contribution in [3.05, 3.63) is 0 Å². The lowest BCUT2D eigenvalue weighted by Gasteiger charge is -1.93. The van der Waals surface area contributed by atoms with Gasteiger partial charge in [0.15, 0.2) is 0 Å². The van der Waals surface area contributed by atoms with Crippen LogP contribution in [0.25, 0.3) is 0 Å². The number of rotatable bonds is 1. The summed E-state index contributed by atoms with van der Waals surface area (Å²) in [6, 6.07) is 0. The van der Waals surface area contributed by atoms with Crippen molar-refractivity contribution in [1.82, 2.24) is 0 Å². The molecule has 0 heterocycles. The molecule has 0 amide bonds. The molecule has 0 aromatic rings. The maximum Gasteiger partial charge on any atom is 0.469 e. The summed E-state index contributed by atoms with van der Waals surface area (Å²) in [6.45, 7) is 0. The predicted octanol–water partition coefficient (Wildman–Crippen LogP) is 0.362. The Hall–Kier alpha value is 0.110. The van der Waals surface area contributed by atoms with E-state index in [1.807, 2.05) is 0 Å². The largest absolute Gasteiger partial charge is 0.469 e. The second-order valence-electron chi connectivity index (χ2n) is 0.673. The Bertz CT molecular complexity index is 73.8. The van der Waals surface area contributed by atoms with Gasteiger partial charge in [-0.05, 0) is 0 Å². The highest BCUT2D eigenvalue weighted by Gasteiger charge is 2.07. The lowest BCUT2D eigenvalue weighted by Crippen LogP contribution is -1.76. The van der Waals surface area contributed by atoms with Gasteiger partial charge in [0.1, 0.15) is 0 Å². The smallest absolute Gasteiger partial charge is 0.303 e. The van der Waals surface area contributed by atoms with Gasteiger partial charge < -0.3 is 9.79 Å². The molecule has 4 nitrogen and oxygen atoms in total. The van der Waals surface area contributed by atoms with Gasteiger partial charge in [-0.25, -0.2) is 4.57 Å². The van der Waals surface area contributed by atoms with E-state index in [9.17, 15) is 4.57 Å². The normalized spacial score (nSPS) is 10.1. The first kappa shape index (κ1) is 10.2. The average molecular weight is 128 g/mol. The van der Waals surface area contributed by atoms with E-state index in [4.69, 9.17) is 9.79 Å². The van der Waals surface area contributed by atoms with Crippen LogP contribution in [0, 0.1) is 0 Å². The first-order valence-electron chi connectivity index (χ1n) is 1.17. The highest BCUT2D eigenvalue weighted by Crippen LogP contribution is 2.33. The minimum absolute atomic E-state index is 0. The highest BCUT2D eigenvalue weighted by molar-refractivity contribution is 7.46. The quantitative estimate of drug-likeness (QED) is 0.500. The van der Waals surface area contributed by atoms with Crippen LogP contribution < -0.4 is 0 Å². The van der Waals surface area contributed by atoms with E-state index in [1.165, 1.54) is 0 Å². The summed E-state index contributed by atoms with van der Waals surface area (Å²) in [5.74, 6) is 0. The first-order chi connectivity index (χ1) is 2.56. The van der Waals surface area contributed by atoms with Crippen LogP contribution >= 0.6 is 7.82 Å². The molecule has 2 N–H and O–H groups in total. The predicted molar refractivity (Wildman–Crippen MR) is 25.8 cm³/mol. The summed E-state index contributed by atoms with van der Waals surface area (Å²) in [7, 11) is -3.20. The van der Waals surface area contributed by atoms with Crippen molar-refractivity contribution in [3.8, 4) is 0 Å². The number of phosphoric acid groups is 1. The van der Waals surface area contributed by atoms with Crippen LogP contribution in [-0.2, 0) is 9.09 Å². The van der Waals surface area contributed by atoms with Crippen LogP contribution in [0.15, 0.2) is 0 Å². The summed E-state index contributed by atoms with van der Waals surface area (Å²) < 4.78 is 13.1. The van der Waals surface area contributed by atoms with Gasteiger partial charge in [0.2, 0.25) is 0 Å². The van der Waals surface area contributed by atoms with Crippen LogP contribution in [0.5, 0.6) is 0 Å². The molecule has 0 spiro atoms. The molecule has 0 aliphatic heterocycles. The molecule has 0 atom stereocenters. The van der Waals surface area contributed by atoms with Crippen LogP contribution in [0.2, 0.25) is 0 Å². The standard InChI is InChI=1S/CH5O4P.CH4/c1-5-6(2,3)4;/h1H3,(H2,2,3,4);1H4. The molecular formula is C2H9O4P. The van der Waals surface area contributed by atoms with E-state index in [0.717, 1.165) is 7.11 Å². The molecule has 5 heteroatoms. The summed E-state index contributed by atoms with van der Waals surface area (Å²) in [4.78, 5) is 15.4. The number of phosphoric ester groups is 1. The van der Waals surface area contributed by atoms with E-state index in [2.05, 4.69) is 4.52 Å². The summed E-state index contributed by atoms with van der Waals surface area (Å²) >= 11 is 0. The van der Waals surface area contributed by atoms with Gasteiger partial charge in [-0.1, -0.05) is 7.43 Å². The molecule has 0 aromatic carbocycles. The second kappa shape index (κ2) is 3.16. The van der Waals surface area contributed by atoms with Crippen LogP contribution in [0.3, 0.4) is 0 Å². The molecule has 0 saturated heterocycles. The van der Waals surface area contributed by atoms with Crippen molar-refractivity contribution < 1.29 is 18.9 Å². The summed E-state index contributed by atoms with van der Waals surface area (Å²) in [5.41, 5.74) is 0. The average Bonchev–Trinajstić information content (AvgIpc) is 1.35. The molecule has 0 unspecified atom stereocenters. The maximum absolute atomic E-state index is 9.47. The zero-order chi connectivity index (χ0) is 5.21. The zero-order valence-electron chi connectivity index (χ0n) is 3.16. The van der Waals surface area contributed by atoms with Gasteiger partial charge >= 0.3 is 7.82 Å². The van der Waals surface area contributed by atoms with Gasteiger partial charge in [-0.3, -0.25) is 4.52 Å². The topological polar surface area (TPSA) is 66.8 Å². The molecule has 0 radical (unpaired) electrons. The maximum atomic E-state index is 9.47. The molecule has 7 heavy (non-hydrogen) atoms. The van der Waals surface area contributed by atoms with Gasteiger partial charge in [-0.2, -0.15) is 0 Å². The van der Waals surface area contributed by atoms with Gasteiger partial charge in [-0.15, -0.1) is 0 Å². The Morgan fingerprint density at radius 2 is 1.71 bits per heavy atom. The fourth-order valence-corrected chi connectivity index (χ4v) is 0. The number of hydrogen-bond donors (Lipinski definition) is 2. The minimum atomic E-state index is -4.15. The van der Waals surface area contributed by atoms with E-state index in [0.29, 0.717) is 0 Å². The van der Waals surface area contributed by atoms with Gasteiger partial charge in [0, 0.05) is 7.11 Å². The minimum Gasteiger partial charge on any atom is -0.303 e. The zero-order valence-corrected chi connectivity index (χ0v) is 4.05. The Morgan fingerprint density at radius 1 is 1.57 bits per heavy atom. The fourth-order valence-electron chi connectivity index (χ4n) is 0. The van der Waals surface area contributed by atoms with Crippen LogP contribution in [-0.4, -0.2) is 16.9 Å². The Balaban J connectivity index is 0. The lowest BCUT2D eigenvalue weighted by molar-refractivity contribution is 0.235. The molecule has 46 valence electrons. The third-order valence-electron chi connectivity index (χ3n) is 0.238. The Labute approximate surface area is 42.4 Å². The summed E-state index contributed by atoms with van der Waals surface area (Å²) in [6.07, 6.45) is 0. The SMILES string of the molecule is C.COP(=O)(O)O. The van der Waals surface area contributed by atoms with Gasteiger partial charge in [0.25, 0.3) is 0 Å². The van der Waals surface area contributed by atoms with Crippen LogP contribution in [0.4, 0.5) is 0 Å².